The van der Waals surface area contributed by atoms with Crippen molar-refractivity contribution in [1.29, 1.82) is 0 Å². The maximum atomic E-state index is 12.9. The van der Waals surface area contributed by atoms with Crippen LogP contribution in [0, 0.1) is 5.82 Å². The lowest BCUT2D eigenvalue weighted by atomic mass is 9.94. The summed E-state index contributed by atoms with van der Waals surface area (Å²) in [6.45, 7) is 1.46. The molecule has 0 aliphatic carbocycles. The summed E-state index contributed by atoms with van der Waals surface area (Å²) in [6.07, 6.45) is 0.964. The summed E-state index contributed by atoms with van der Waals surface area (Å²) in [5, 5.41) is 3.26. The molecule has 1 aliphatic heterocycles. The molecule has 86 valence electrons. The van der Waals surface area contributed by atoms with Crippen LogP contribution in [0.5, 0.6) is 0 Å². The van der Waals surface area contributed by atoms with Gasteiger partial charge in [-0.05, 0) is 36.2 Å². The highest BCUT2D eigenvalue weighted by Gasteiger charge is 2.18. The molecule has 0 saturated carbocycles. The van der Waals surface area contributed by atoms with Gasteiger partial charge < -0.3 is 11.1 Å². The first kappa shape index (κ1) is 14.6. The zero-order chi connectivity index (χ0) is 9.26. The van der Waals surface area contributed by atoms with E-state index in [4.69, 9.17) is 5.73 Å². The Labute approximate surface area is 101 Å². The molecule has 0 fully saturated rings. The Balaban J connectivity index is 0.000000980. The number of hydrogen-bond acceptors (Lipinski definition) is 2. The minimum atomic E-state index is -0.180. The van der Waals surface area contributed by atoms with Crippen molar-refractivity contribution in [2.24, 2.45) is 5.73 Å². The third-order valence-corrected chi connectivity index (χ3v) is 2.50. The maximum Gasteiger partial charge on any atom is 0.123 e. The van der Waals surface area contributed by atoms with Crippen molar-refractivity contribution in [3.63, 3.8) is 0 Å². The molecule has 2 rings (SSSR count). The molecular formula is C10H15Cl2FN2. The van der Waals surface area contributed by atoms with Gasteiger partial charge in [-0.2, -0.15) is 0 Å². The Bertz CT molecular complexity index is 320. The van der Waals surface area contributed by atoms with Gasteiger partial charge in [0.2, 0.25) is 0 Å². The molecule has 0 spiro atoms. The molecular weight excluding hydrogens is 238 g/mol. The summed E-state index contributed by atoms with van der Waals surface area (Å²) in [5.41, 5.74) is 7.82. The maximum absolute atomic E-state index is 12.9. The third-order valence-electron chi connectivity index (χ3n) is 2.50. The van der Waals surface area contributed by atoms with Crippen molar-refractivity contribution in [1.82, 2.24) is 5.32 Å². The van der Waals surface area contributed by atoms with Crippen LogP contribution in [-0.4, -0.2) is 13.1 Å². The SMILES string of the molecule is Cl.Cl.NCC1NCCc2ccc(F)cc21. The van der Waals surface area contributed by atoms with Crippen LogP contribution in [0.2, 0.25) is 0 Å². The van der Waals surface area contributed by atoms with E-state index in [0.29, 0.717) is 6.54 Å². The van der Waals surface area contributed by atoms with E-state index in [1.165, 1.54) is 11.6 Å². The van der Waals surface area contributed by atoms with Gasteiger partial charge in [-0.25, -0.2) is 4.39 Å². The summed E-state index contributed by atoms with van der Waals surface area (Å²) in [5.74, 6) is -0.180. The highest BCUT2D eigenvalue weighted by atomic mass is 35.5. The molecule has 1 aliphatic rings. The molecule has 1 unspecified atom stereocenters. The van der Waals surface area contributed by atoms with Gasteiger partial charge >= 0.3 is 0 Å². The van der Waals surface area contributed by atoms with Crippen molar-refractivity contribution in [2.75, 3.05) is 13.1 Å². The smallest absolute Gasteiger partial charge is 0.123 e. The van der Waals surface area contributed by atoms with Gasteiger partial charge in [0.25, 0.3) is 0 Å². The molecule has 1 heterocycles. The molecule has 0 saturated heterocycles. The van der Waals surface area contributed by atoms with Gasteiger partial charge in [-0.1, -0.05) is 6.07 Å². The van der Waals surface area contributed by atoms with Crippen LogP contribution >= 0.6 is 24.8 Å². The lowest BCUT2D eigenvalue weighted by Crippen LogP contribution is -2.34. The number of halogens is 3. The number of nitrogens with two attached hydrogens (primary N) is 1. The van der Waals surface area contributed by atoms with Gasteiger partial charge in [0.05, 0.1) is 0 Å². The van der Waals surface area contributed by atoms with E-state index in [2.05, 4.69) is 5.32 Å². The number of nitrogens with one attached hydrogen (secondary N) is 1. The van der Waals surface area contributed by atoms with Crippen LogP contribution in [0.3, 0.4) is 0 Å². The van der Waals surface area contributed by atoms with Crippen LogP contribution < -0.4 is 11.1 Å². The van der Waals surface area contributed by atoms with E-state index in [1.54, 1.807) is 6.07 Å². The Hall–Kier alpha value is -0.350. The average molecular weight is 253 g/mol. The van der Waals surface area contributed by atoms with Crippen LogP contribution in [-0.2, 0) is 6.42 Å². The fourth-order valence-corrected chi connectivity index (χ4v) is 1.82. The van der Waals surface area contributed by atoms with Gasteiger partial charge in [0, 0.05) is 12.6 Å². The molecule has 5 heteroatoms. The molecule has 15 heavy (non-hydrogen) atoms. The Morgan fingerprint density at radius 1 is 1.40 bits per heavy atom. The highest BCUT2D eigenvalue weighted by molar-refractivity contribution is 5.85. The van der Waals surface area contributed by atoms with Crippen molar-refractivity contribution >= 4 is 24.8 Å². The summed E-state index contributed by atoms with van der Waals surface area (Å²) in [6, 6.07) is 5.07. The van der Waals surface area contributed by atoms with E-state index in [9.17, 15) is 4.39 Å². The molecule has 2 nitrogen and oxygen atoms in total. The Morgan fingerprint density at radius 2 is 2.13 bits per heavy atom. The summed E-state index contributed by atoms with van der Waals surface area (Å²) in [7, 11) is 0. The molecule has 0 amide bonds. The third kappa shape index (κ3) is 3.05. The van der Waals surface area contributed by atoms with E-state index in [0.717, 1.165) is 18.5 Å². The standard InChI is InChI=1S/C10H13FN2.2ClH/c11-8-2-1-7-3-4-13-10(6-12)9(7)5-8;;/h1-2,5,10,13H,3-4,6,12H2;2*1H. The molecule has 0 radical (unpaired) electrons. The summed E-state index contributed by atoms with van der Waals surface area (Å²) < 4.78 is 12.9. The normalized spacial score (nSPS) is 18.4. The van der Waals surface area contributed by atoms with Crippen LogP contribution in [0.15, 0.2) is 18.2 Å². The van der Waals surface area contributed by atoms with E-state index in [-0.39, 0.29) is 36.7 Å². The topological polar surface area (TPSA) is 38.0 Å². The molecule has 3 N–H and O–H groups in total. The molecule has 0 bridgehead atoms. The first-order valence-electron chi connectivity index (χ1n) is 4.53. The fraction of sp³-hybridized carbons (Fsp3) is 0.400. The zero-order valence-electron chi connectivity index (χ0n) is 8.20. The monoisotopic (exact) mass is 252 g/mol. The predicted octanol–water partition coefficient (Wildman–Crippen LogP) is 1.81. The first-order valence-corrected chi connectivity index (χ1v) is 4.53. The van der Waals surface area contributed by atoms with Gasteiger partial charge in [0.15, 0.2) is 0 Å². The largest absolute Gasteiger partial charge is 0.329 e. The average Bonchev–Trinajstić information content (AvgIpc) is 2.17. The second kappa shape index (κ2) is 6.28. The van der Waals surface area contributed by atoms with Gasteiger partial charge in [0.1, 0.15) is 5.82 Å². The quantitative estimate of drug-likeness (QED) is 0.801. The number of benzene rings is 1. The highest BCUT2D eigenvalue weighted by Crippen LogP contribution is 2.22. The van der Waals surface area contributed by atoms with Gasteiger partial charge in [-0.15, -0.1) is 24.8 Å². The minimum Gasteiger partial charge on any atom is -0.329 e. The lowest BCUT2D eigenvalue weighted by Gasteiger charge is -2.25. The van der Waals surface area contributed by atoms with Crippen LogP contribution in [0.25, 0.3) is 0 Å². The second-order valence-electron chi connectivity index (χ2n) is 3.34. The lowest BCUT2D eigenvalue weighted by molar-refractivity contribution is 0.507. The van der Waals surface area contributed by atoms with E-state index in [1.807, 2.05) is 6.07 Å². The van der Waals surface area contributed by atoms with Crippen molar-refractivity contribution in [2.45, 2.75) is 12.5 Å². The van der Waals surface area contributed by atoms with Crippen molar-refractivity contribution in [3.05, 3.63) is 35.1 Å². The predicted molar refractivity (Wildman–Crippen MR) is 64.4 cm³/mol. The van der Waals surface area contributed by atoms with Crippen molar-refractivity contribution < 1.29 is 4.39 Å². The summed E-state index contributed by atoms with van der Waals surface area (Å²) in [4.78, 5) is 0. The Morgan fingerprint density at radius 3 is 2.80 bits per heavy atom. The van der Waals surface area contributed by atoms with Crippen LogP contribution in [0.4, 0.5) is 4.39 Å². The molecule has 1 atom stereocenters. The molecule has 1 aromatic rings. The molecule has 1 aromatic carbocycles. The van der Waals surface area contributed by atoms with Gasteiger partial charge in [-0.3, -0.25) is 0 Å². The zero-order valence-corrected chi connectivity index (χ0v) is 9.84. The van der Waals surface area contributed by atoms with E-state index < -0.39 is 0 Å². The van der Waals surface area contributed by atoms with Crippen molar-refractivity contribution in [3.8, 4) is 0 Å². The number of fused-ring (bicyclic) bond motifs is 1. The number of rotatable bonds is 1. The minimum absolute atomic E-state index is 0. The second-order valence-corrected chi connectivity index (χ2v) is 3.34. The summed E-state index contributed by atoms with van der Waals surface area (Å²) >= 11 is 0. The van der Waals surface area contributed by atoms with E-state index >= 15 is 0 Å². The Kier molecular flexibility index (Phi) is 6.13. The molecule has 0 aromatic heterocycles. The van der Waals surface area contributed by atoms with Crippen LogP contribution in [0.1, 0.15) is 17.2 Å². The number of hydrogen-bond donors (Lipinski definition) is 2. The first-order chi connectivity index (χ1) is 6.31. The fourth-order valence-electron chi connectivity index (χ4n) is 1.82.